The summed E-state index contributed by atoms with van der Waals surface area (Å²) >= 11 is 1.45. The maximum Gasteiger partial charge on any atom is 0.210 e. The number of nitrogens with zero attached hydrogens (tertiary/aromatic N) is 5. The van der Waals surface area contributed by atoms with E-state index in [0.29, 0.717) is 34.5 Å². The molecule has 2 saturated carbocycles. The molecule has 5 aromatic rings. The first-order valence-corrected chi connectivity index (χ1v) is 16.2. The summed E-state index contributed by atoms with van der Waals surface area (Å²) in [6.07, 6.45) is 8.33. The second kappa shape index (κ2) is 12.2. The number of benzene rings is 3. The van der Waals surface area contributed by atoms with Gasteiger partial charge >= 0.3 is 0 Å². The predicted octanol–water partition coefficient (Wildman–Crippen LogP) is 8.23. The zero-order valence-corrected chi connectivity index (χ0v) is 26.8. The number of anilines is 3. The van der Waals surface area contributed by atoms with Gasteiger partial charge in [-0.25, -0.2) is 9.37 Å². The normalized spacial score (nSPS) is 15.3. The Morgan fingerprint density at radius 1 is 0.867 bits per heavy atom. The number of ether oxygens (including phenoxy) is 3. The minimum absolute atomic E-state index is 0.251. The van der Waals surface area contributed by atoms with Crippen molar-refractivity contribution in [3.63, 3.8) is 0 Å². The number of nitrogens with one attached hydrogen (secondary N) is 1. The van der Waals surface area contributed by atoms with Gasteiger partial charge in [0, 0.05) is 30.3 Å². The predicted molar refractivity (Wildman–Crippen MR) is 177 cm³/mol. The number of hydrogen-bond acceptors (Lipinski definition) is 9. The van der Waals surface area contributed by atoms with Gasteiger partial charge in [-0.3, -0.25) is 0 Å². The average Bonchev–Trinajstić information content (AvgIpc) is 3.69. The van der Waals surface area contributed by atoms with Crippen molar-refractivity contribution in [3.05, 3.63) is 54.3 Å². The second-order valence-corrected chi connectivity index (χ2v) is 12.7. The highest BCUT2D eigenvalue weighted by atomic mass is 32.1. The standard InChI is InChI=1S/C34H37FN6O3S/c1-40(23-8-6-5-7-9-23)27-19-28-26(36-32(41(28)24-14-15-24)20-10-12-22(35)13-11-20)18-25(27)37-34-39-38-33(45-34)21-16-29(42-2)31(44-4)30(17-21)43-3/h10-13,16-19,23-24H,5-9,14-15H2,1-4H3,(H,37,39). The van der Waals surface area contributed by atoms with Gasteiger partial charge in [-0.1, -0.05) is 30.6 Å². The van der Waals surface area contributed by atoms with E-state index in [9.17, 15) is 4.39 Å². The topological polar surface area (TPSA) is 86.6 Å². The molecule has 0 unspecified atom stereocenters. The summed E-state index contributed by atoms with van der Waals surface area (Å²) in [6, 6.07) is 15.6. The molecule has 1 N–H and O–H groups in total. The molecule has 2 aromatic heterocycles. The van der Waals surface area contributed by atoms with Crippen LogP contribution < -0.4 is 24.4 Å². The van der Waals surface area contributed by atoms with Crippen molar-refractivity contribution in [2.24, 2.45) is 0 Å². The molecule has 2 aliphatic rings. The van der Waals surface area contributed by atoms with Crippen LogP contribution in [-0.4, -0.2) is 54.2 Å². The van der Waals surface area contributed by atoms with E-state index in [4.69, 9.17) is 19.2 Å². The van der Waals surface area contributed by atoms with Crippen molar-refractivity contribution in [2.75, 3.05) is 38.6 Å². The first kappa shape index (κ1) is 29.3. The van der Waals surface area contributed by atoms with E-state index in [2.05, 4.69) is 44.2 Å². The summed E-state index contributed by atoms with van der Waals surface area (Å²) in [4.78, 5) is 7.53. The molecule has 0 radical (unpaired) electrons. The Hall–Kier alpha value is -4.38. The quantitative estimate of drug-likeness (QED) is 0.166. The highest BCUT2D eigenvalue weighted by Gasteiger charge is 2.30. The van der Waals surface area contributed by atoms with Crippen LogP contribution >= 0.6 is 11.3 Å². The highest BCUT2D eigenvalue weighted by Crippen LogP contribution is 2.45. The van der Waals surface area contributed by atoms with Gasteiger partial charge in [-0.05, 0) is 74.2 Å². The molecule has 0 amide bonds. The zero-order valence-electron chi connectivity index (χ0n) is 26.0. The maximum absolute atomic E-state index is 13.8. The van der Waals surface area contributed by atoms with Crippen LogP contribution in [0.2, 0.25) is 0 Å². The summed E-state index contributed by atoms with van der Waals surface area (Å²) in [6.45, 7) is 0. The Morgan fingerprint density at radius 3 is 2.22 bits per heavy atom. The van der Waals surface area contributed by atoms with E-state index >= 15 is 0 Å². The van der Waals surface area contributed by atoms with Crippen LogP contribution in [0.3, 0.4) is 0 Å². The summed E-state index contributed by atoms with van der Waals surface area (Å²) in [5.41, 5.74) is 5.74. The monoisotopic (exact) mass is 628 g/mol. The first-order chi connectivity index (χ1) is 22.0. The van der Waals surface area contributed by atoms with Crippen LogP contribution in [0.25, 0.3) is 33.0 Å². The van der Waals surface area contributed by atoms with Crippen LogP contribution in [0.15, 0.2) is 48.5 Å². The molecule has 0 aliphatic heterocycles. The molecular formula is C34H37FN6O3S. The number of aromatic nitrogens is 4. The lowest BCUT2D eigenvalue weighted by molar-refractivity contribution is 0.324. The second-order valence-electron chi connectivity index (χ2n) is 11.8. The molecule has 45 heavy (non-hydrogen) atoms. The van der Waals surface area contributed by atoms with Gasteiger partial charge in [0.2, 0.25) is 10.9 Å². The number of rotatable bonds is 10. The van der Waals surface area contributed by atoms with Crippen molar-refractivity contribution in [1.82, 2.24) is 19.7 Å². The number of halogens is 1. The molecular weight excluding hydrogens is 591 g/mol. The Balaban J connectivity index is 1.30. The third-order valence-corrected chi connectivity index (χ3v) is 9.79. The molecule has 7 rings (SSSR count). The average molecular weight is 629 g/mol. The van der Waals surface area contributed by atoms with Crippen LogP contribution in [0.5, 0.6) is 17.2 Å². The van der Waals surface area contributed by atoms with E-state index in [1.807, 2.05) is 24.3 Å². The fraction of sp³-hybridized carbons (Fsp3) is 0.382. The minimum atomic E-state index is -0.251. The summed E-state index contributed by atoms with van der Waals surface area (Å²) in [7, 11) is 6.98. The summed E-state index contributed by atoms with van der Waals surface area (Å²) in [5, 5.41) is 14.0. The summed E-state index contributed by atoms with van der Waals surface area (Å²) < 4.78 is 32.8. The van der Waals surface area contributed by atoms with Gasteiger partial charge in [0.25, 0.3) is 0 Å². The lowest BCUT2D eigenvalue weighted by Crippen LogP contribution is -2.33. The van der Waals surface area contributed by atoms with Gasteiger partial charge in [0.05, 0.1) is 43.7 Å². The van der Waals surface area contributed by atoms with Crippen molar-refractivity contribution in [2.45, 2.75) is 57.0 Å². The van der Waals surface area contributed by atoms with E-state index in [1.165, 1.54) is 55.6 Å². The Morgan fingerprint density at radius 2 is 1.58 bits per heavy atom. The molecule has 2 fully saturated rings. The largest absolute Gasteiger partial charge is 0.493 e. The van der Waals surface area contributed by atoms with Gasteiger partial charge in [-0.2, -0.15) is 0 Å². The minimum Gasteiger partial charge on any atom is -0.493 e. The number of fused-ring (bicyclic) bond motifs is 1. The van der Waals surface area contributed by atoms with Crippen LogP contribution in [0.1, 0.15) is 51.0 Å². The van der Waals surface area contributed by atoms with Crippen LogP contribution in [0, 0.1) is 5.82 Å². The molecule has 2 aliphatic carbocycles. The van der Waals surface area contributed by atoms with Gasteiger partial charge in [-0.15, -0.1) is 10.2 Å². The Kier molecular flexibility index (Phi) is 7.95. The molecule has 0 spiro atoms. The van der Waals surface area contributed by atoms with Crippen molar-refractivity contribution < 1.29 is 18.6 Å². The molecule has 0 bridgehead atoms. The molecule has 3 aromatic carbocycles. The Bertz CT molecular complexity index is 1800. The number of methoxy groups -OCH3 is 3. The maximum atomic E-state index is 13.8. The smallest absolute Gasteiger partial charge is 0.210 e. The van der Waals surface area contributed by atoms with E-state index < -0.39 is 0 Å². The Labute approximate surface area is 266 Å². The van der Waals surface area contributed by atoms with E-state index in [1.54, 1.807) is 21.3 Å². The molecule has 2 heterocycles. The third-order valence-electron chi connectivity index (χ3n) is 8.90. The SMILES string of the molecule is COc1cc(-c2nnc(Nc3cc4nc(-c5ccc(F)cc5)n(C5CC5)c4cc3N(C)C3CCCCC3)s2)cc(OC)c1OC. The summed E-state index contributed by atoms with van der Waals surface area (Å²) in [5.74, 6) is 2.26. The van der Waals surface area contributed by atoms with Crippen molar-refractivity contribution >= 4 is 38.9 Å². The number of hydrogen-bond donors (Lipinski definition) is 1. The highest BCUT2D eigenvalue weighted by molar-refractivity contribution is 7.18. The lowest BCUT2D eigenvalue weighted by atomic mass is 9.94. The molecule has 234 valence electrons. The lowest BCUT2D eigenvalue weighted by Gasteiger charge is -2.34. The zero-order chi connectivity index (χ0) is 31.1. The van der Waals surface area contributed by atoms with Crippen LogP contribution in [0.4, 0.5) is 20.9 Å². The van der Waals surface area contributed by atoms with Gasteiger partial charge in [0.15, 0.2) is 11.5 Å². The molecule has 0 saturated heterocycles. The molecule has 0 atom stereocenters. The fourth-order valence-electron chi connectivity index (χ4n) is 6.40. The molecule has 11 heteroatoms. The van der Waals surface area contributed by atoms with Crippen molar-refractivity contribution in [1.29, 1.82) is 0 Å². The number of imidazole rings is 1. The first-order valence-electron chi connectivity index (χ1n) is 15.4. The van der Waals surface area contributed by atoms with Gasteiger partial charge in [0.1, 0.15) is 16.6 Å². The van der Waals surface area contributed by atoms with Gasteiger partial charge < -0.3 is 29.0 Å². The van der Waals surface area contributed by atoms with Crippen LogP contribution in [-0.2, 0) is 0 Å². The molecule has 9 nitrogen and oxygen atoms in total. The van der Waals surface area contributed by atoms with E-state index in [0.717, 1.165) is 57.2 Å². The third kappa shape index (κ3) is 5.65. The van der Waals surface area contributed by atoms with E-state index in [-0.39, 0.29) is 5.82 Å². The fourth-order valence-corrected chi connectivity index (χ4v) is 7.15. The van der Waals surface area contributed by atoms with Crippen molar-refractivity contribution in [3.8, 4) is 39.2 Å².